The van der Waals surface area contributed by atoms with Gasteiger partial charge in [0.25, 0.3) is 0 Å². The normalized spacial score (nSPS) is 14.0. The lowest BCUT2D eigenvalue weighted by atomic mass is 9.83. The Labute approximate surface area is 92.5 Å². The van der Waals surface area contributed by atoms with Gasteiger partial charge in [0.05, 0.1) is 0 Å². The molecule has 84 valence electrons. The van der Waals surface area contributed by atoms with Crippen LogP contribution in [0.25, 0.3) is 0 Å². The second-order valence-electron chi connectivity index (χ2n) is 4.54. The Morgan fingerprint density at radius 3 is 2.36 bits per heavy atom. The quantitative estimate of drug-likeness (QED) is 0.508. The minimum Gasteiger partial charge on any atom is -0.480 e. The van der Waals surface area contributed by atoms with Crippen LogP contribution in [0.15, 0.2) is 0 Å². The first-order valence-corrected chi connectivity index (χ1v) is 5.84. The zero-order valence-corrected chi connectivity index (χ0v) is 10.3. The molecule has 0 saturated carbocycles. The monoisotopic (exact) mass is 218 g/mol. The van der Waals surface area contributed by atoms with Gasteiger partial charge in [-0.1, -0.05) is 46.5 Å². The van der Waals surface area contributed by atoms with Gasteiger partial charge >= 0.3 is 5.97 Å². The van der Waals surface area contributed by atoms with E-state index >= 15 is 0 Å². The van der Waals surface area contributed by atoms with E-state index in [1.807, 2.05) is 13.8 Å². The average Bonchev–Trinajstić information content (AvgIpc) is 2.11. The van der Waals surface area contributed by atoms with E-state index in [1.165, 1.54) is 19.3 Å². The number of thiol groups is 1. The van der Waals surface area contributed by atoms with Gasteiger partial charge in [-0.3, -0.25) is 4.79 Å². The Morgan fingerprint density at radius 2 is 1.93 bits per heavy atom. The predicted molar refractivity (Wildman–Crippen MR) is 62.9 cm³/mol. The topological polar surface area (TPSA) is 37.3 Å². The van der Waals surface area contributed by atoms with E-state index in [0.717, 1.165) is 12.8 Å². The van der Waals surface area contributed by atoms with Crippen LogP contribution < -0.4 is 0 Å². The minimum atomic E-state index is -0.811. The maximum atomic E-state index is 10.8. The zero-order valence-electron chi connectivity index (χ0n) is 9.42. The lowest BCUT2D eigenvalue weighted by Gasteiger charge is -2.28. The molecule has 0 fully saturated rings. The summed E-state index contributed by atoms with van der Waals surface area (Å²) in [5.41, 5.74) is -0.206. The number of hydrogen-bond donors (Lipinski definition) is 2. The summed E-state index contributed by atoms with van der Waals surface area (Å²) in [5.74, 6) is -0.811. The second kappa shape index (κ2) is 6.33. The molecule has 1 unspecified atom stereocenters. The molecule has 0 aliphatic heterocycles. The molecular formula is C11H22O2S. The van der Waals surface area contributed by atoms with Crippen molar-refractivity contribution in [3.05, 3.63) is 0 Å². The van der Waals surface area contributed by atoms with Crippen molar-refractivity contribution >= 4 is 18.6 Å². The molecule has 0 amide bonds. The van der Waals surface area contributed by atoms with Gasteiger partial charge in [-0.05, 0) is 11.8 Å². The van der Waals surface area contributed by atoms with E-state index in [9.17, 15) is 4.79 Å². The molecule has 14 heavy (non-hydrogen) atoms. The fraction of sp³-hybridized carbons (Fsp3) is 0.909. The van der Waals surface area contributed by atoms with Crippen molar-refractivity contribution in [1.82, 2.24) is 0 Å². The van der Waals surface area contributed by atoms with Gasteiger partial charge in [0.1, 0.15) is 5.25 Å². The molecule has 1 atom stereocenters. The maximum absolute atomic E-state index is 10.8. The summed E-state index contributed by atoms with van der Waals surface area (Å²) in [5, 5.41) is 8.29. The smallest absolute Gasteiger partial charge is 0.316 e. The minimum absolute atomic E-state index is 0.206. The van der Waals surface area contributed by atoms with Crippen LogP contribution in [0.4, 0.5) is 0 Å². The third-order valence-corrected chi connectivity index (χ3v) is 3.57. The van der Waals surface area contributed by atoms with Gasteiger partial charge < -0.3 is 5.11 Å². The zero-order chi connectivity index (χ0) is 11.2. The first-order valence-electron chi connectivity index (χ1n) is 5.32. The van der Waals surface area contributed by atoms with Crippen molar-refractivity contribution in [2.24, 2.45) is 5.41 Å². The second-order valence-corrected chi connectivity index (χ2v) is 5.06. The highest BCUT2D eigenvalue weighted by molar-refractivity contribution is 7.81. The van der Waals surface area contributed by atoms with E-state index in [1.54, 1.807) is 0 Å². The molecule has 0 aliphatic carbocycles. The Hall–Kier alpha value is -0.180. The molecule has 0 spiro atoms. The van der Waals surface area contributed by atoms with Crippen LogP contribution in [-0.2, 0) is 4.79 Å². The number of carbonyl (C=O) groups is 1. The van der Waals surface area contributed by atoms with Crippen LogP contribution in [0.5, 0.6) is 0 Å². The fourth-order valence-corrected chi connectivity index (χ4v) is 1.61. The van der Waals surface area contributed by atoms with Gasteiger partial charge in [-0.2, -0.15) is 12.6 Å². The standard InChI is InChI=1S/C11H22O2S/c1-4-5-6-7-8-11(2,3)9(14)10(12)13/h9,14H,4-8H2,1-3H3,(H,12,13). The number of unbranched alkanes of at least 4 members (excludes halogenated alkanes) is 3. The molecule has 0 aliphatic rings. The van der Waals surface area contributed by atoms with Crippen molar-refractivity contribution in [2.45, 2.75) is 58.1 Å². The lowest BCUT2D eigenvalue weighted by Crippen LogP contribution is -2.31. The van der Waals surface area contributed by atoms with E-state index in [2.05, 4.69) is 19.6 Å². The predicted octanol–water partition coefficient (Wildman–Crippen LogP) is 3.37. The van der Waals surface area contributed by atoms with Crippen molar-refractivity contribution < 1.29 is 9.90 Å². The Balaban J connectivity index is 3.88. The van der Waals surface area contributed by atoms with Gasteiger partial charge in [-0.25, -0.2) is 0 Å². The third-order valence-electron chi connectivity index (χ3n) is 2.65. The first-order chi connectivity index (χ1) is 6.41. The van der Waals surface area contributed by atoms with E-state index in [-0.39, 0.29) is 5.41 Å². The summed E-state index contributed by atoms with van der Waals surface area (Å²) >= 11 is 4.13. The summed E-state index contributed by atoms with van der Waals surface area (Å²) in [6.45, 7) is 6.12. The van der Waals surface area contributed by atoms with Crippen molar-refractivity contribution in [3.63, 3.8) is 0 Å². The van der Waals surface area contributed by atoms with Gasteiger partial charge in [-0.15, -0.1) is 0 Å². The number of carboxylic acid groups (broad SMARTS) is 1. The third kappa shape index (κ3) is 4.89. The van der Waals surface area contributed by atoms with Crippen molar-refractivity contribution in [2.75, 3.05) is 0 Å². The van der Waals surface area contributed by atoms with Crippen molar-refractivity contribution in [1.29, 1.82) is 0 Å². The molecular weight excluding hydrogens is 196 g/mol. The highest BCUT2D eigenvalue weighted by Crippen LogP contribution is 2.31. The lowest BCUT2D eigenvalue weighted by molar-refractivity contribution is -0.138. The van der Waals surface area contributed by atoms with Gasteiger partial charge in [0.2, 0.25) is 0 Å². The Morgan fingerprint density at radius 1 is 1.36 bits per heavy atom. The van der Waals surface area contributed by atoms with Crippen LogP contribution >= 0.6 is 12.6 Å². The molecule has 0 bridgehead atoms. The van der Waals surface area contributed by atoms with E-state index < -0.39 is 11.2 Å². The molecule has 0 saturated heterocycles. The van der Waals surface area contributed by atoms with E-state index in [0.29, 0.717) is 0 Å². The highest BCUT2D eigenvalue weighted by atomic mass is 32.1. The first kappa shape index (κ1) is 13.8. The number of rotatable bonds is 7. The number of carboxylic acids is 1. The summed E-state index contributed by atoms with van der Waals surface area (Å²) < 4.78 is 0. The summed E-state index contributed by atoms with van der Waals surface area (Å²) in [6, 6.07) is 0. The molecule has 1 N–H and O–H groups in total. The molecule has 2 nitrogen and oxygen atoms in total. The average molecular weight is 218 g/mol. The van der Waals surface area contributed by atoms with Gasteiger partial charge in [0, 0.05) is 0 Å². The summed E-state index contributed by atoms with van der Waals surface area (Å²) in [6.07, 6.45) is 5.68. The van der Waals surface area contributed by atoms with Crippen LogP contribution in [0, 0.1) is 5.41 Å². The fourth-order valence-electron chi connectivity index (χ4n) is 1.48. The van der Waals surface area contributed by atoms with Crippen LogP contribution in [0.3, 0.4) is 0 Å². The Bertz CT molecular complexity index is 178. The van der Waals surface area contributed by atoms with Crippen LogP contribution in [-0.4, -0.2) is 16.3 Å². The maximum Gasteiger partial charge on any atom is 0.316 e. The van der Waals surface area contributed by atoms with E-state index in [4.69, 9.17) is 5.11 Å². The van der Waals surface area contributed by atoms with Crippen LogP contribution in [0.1, 0.15) is 52.9 Å². The summed E-state index contributed by atoms with van der Waals surface area (Å²) in [7, 11) is 0. The molecule has 0 heterocycles. The Kier molecular flexibility index (Phi) is 6.25. The molecule has 0 aromatic rings. The molecule has 3 heteroatoms. The molecule has 0 aromatic carbocycles. The highest BCUT2D eigenvalue weighted by Gasteiger charge is 2.31. The number of hydrogen-bond acceptors (Lipinski definition) is 2. The summed E-state index contributed by atoms with van der Waals surface area (Å²) in [4.78, 5) is 10.8. The van der Waals surface area contributed by atoms with Crippen LogP contribution in [0.2, 0.25) is 0 Å². The van der Waals surface area contributed by atoms with Gasteiger partial charge in [0.15, 0.2) is 0 Å². The van der Waals surface area contributed by atoms with Crippen molar-refractivity contribution in [3.8, 4) is 0 Å². The molecule has 0 aromatic heterocycles. The number of aliphatic carboxylic acids is 1. The molecule has 0 radical (unpaired) electrons. The SMILES string of the molecule is CCCCCCC(C)(C)C(S)C(=O)O. The molecule has 0 rings (SSSR count). The largest absolute Gasteiger partial charge is 0.480 e.